The van der Waals surface area contributed by atoms with Crippen LogP contribution in [-0.4, -0.2) is 48.9 Å². The van der Waals surface area contributed by atoms with E-state index in [1.807, 2.05) is 0 Å². The molecule has 14 heteroatoms. The van der Waals surface area contributed by atoms with Crippen molar-refractivity contribution >= 4 is 65.7 Å². The second-order valence-electron chi connectivity index (χ2n) is 8.72. The molecule has 0 spiro atoms. The Kier molecular flexibility index (Phi) is 6.88. The van der Waals surface area contributed by atoms with Crippen molar-refractivity contribution in [3.8, 4) is 0 Å². The average Bonchev–Trinajstić information content (AvgIpc) is 3.29. The molecule has 0 saturated heterocycles. The zero-order chi connectivity index (χ0) is 29.5. The molecule has 5 rings (SSSR count). The van der Waals surface area contributed by atoms with E-state index in [0.717, 1.165) is 20.3 Å². The topological polar surface area (TPSA) is 174 Å². The Morgan fingerprint density at radius 1 is 0.707 bits per heavy atom. The molecule has 0 radical (unpaired) electrons. The number of carbonyl (C=O) groups excluding carboxylic acids is 3. The summed E-state index contributed by atoms with van der Waals surface area (Å²) in [5.41, 5.74) is -0.455. The third kappa shape index (κ3) is 4.83. The predicted octanol–water partition coefficient (Wildman–Crippen LogP) is 3.58. The maximum Gasteiger partial charge on any atom is 0.339 e. The van der Waals surface area contributed by atoms with E-state index in [9.17, 15) is 31.2 Å². The second kappa shape index (κ2) is 10.2. The normalized spacial score (nSPS) is 12.5. The van der Waals surface area contributed by atoms with Gasteiger partial charge in [0.15, 0.2) is 0 Å². The van der Waals surface area contributed by atoms with Crippen LogP contribution in [0.15, 0.2) is 82.6 Å². The van der Waals surface area contributed by atoms with Crippen LogP contribution in [0.3, 0.4) is 0 Å². The first-order valence-electron chi connectivity index (χ1n) is 11.8. The molecule has 0 aromatic heterocycles. The number of amides is 1. The molecule has 1 heterocycles. The van der Waals surface area contributed by atoms with Gasteiger partial charge in [0, 0.05) is 16.3 Å². The molecule has 0 saturated carbocycles. The van der Waals surface area contributed by atoms with Gasteiger partial charge in [-0.05, 0) is 36.4 Å². The number of nitrogens with one attached hydrogen (secondary N) is 3. The van der Waals surface area contributed by atoms with Gasteiger partial charge in [0.2, 0.25) is 0 Å². The van der Waals surface area contributed by atoms with Crippen molar-refractivity contribution in [3.63, 3.8) is 0 Å². The van der Waals surface area contributed by atoms with E-state index in [0.29, 0.717) is 0 Å². The van der Waals surface area contributed by atoms with Crippen LogP contribution in [-0.2, 0) is 29.5 Å². The van der Waals surface area contributed by atoms with Crippen LogP contribution in [0.5, 0.6) is 0 Å². The minimum absolute atomic E-state index is 0.0628. The van der Waals surface area contributed by atoms with Gasteiger partial charge in [0.1, 0.15) is 4.90 Å². The lowest BCUT2D eigenvalue weighted by Crippen LogP contribution is -2.20. The lowest BCUT2D eigenvalue weighted by Gasteiger charge is -2.17. The highest BCUT2D eigenvalue weighted by Gasteiger charge is 2.34. The van der Waals surface area contributed by atoms with Gasteiger partial charge in [0.25, 0.3) is 26.0 Å². The maximum absolute atomic E-state index is 13.8. The molecule has 1 aliphatic heterocycles. The first kappa shape index (κ1) is 27.6. The van der Waals surface area contributed by atoms with Crippen molar-refractivity contribution in [2.24, 2.45) is 0 Å². The highest BCUT2D eigenvalue weighted by Crippen LogP contribution is 2.42. The zero-order valence-electron chi connectivity index (χ0n) is 21.4. The van der Waals surface area contributed by atoms with E-state index in [1.165, 1.54) is 66.7 Å². The minimum atomic E-state index is -4.62. The quantitative estimate of drug-likeness (QED) is 0.257. The lowest BCUT2D eigenvalue weighted by atomic mass is 10.1. The van der Waals surface area contributed by atoms with Crippen LogP contribution in [0.4, 0.5) is 17.1 Å². The van der Waals surface area contributed by atoms with Crippen LogP contribution in [0.1, 0.15) is 31.1 Å². The Hall–Kier alpha value is -4.95. The molecular formula is C27H21N3O9S2. The molecular weight excluding hydrogens is 574 g/mol. The fourth-order valence-corrected chi connectivity index (χ4v) is 7.12. The molecule has 1 aliphatic rings. The Balaban J connectivity index is 1.71. The number of para-hydroxylation sites is 2. The standard InChI is InChI=1S/C27H21N3O9S2/c1-38-26(32)15-8-3-5-12-19(15)29-40(34,35)21-14-22(24-23-17(21)10-7-11-18(23)25(31)28-24)41(36,37)30-20-13-6-4-9-16(20)27(33)39-2/h3-14,29-30H,1-2H3,(H,28,31). The molecule has 41 heavy (non-hydrogen) atoms. The van der Waals surface area contributed by atoms with E-state index in [2.05, 4.69) is 14.8 Å². The SMILES string of the molecule is COC(=O)c1ccccc1NS(=O)(=O)c1cc(S(=O)(=O)Nc2ccccc2C(=O)OC)c2cccc3c2c1NC3=O. The number of anilines is 3. The number of methoxy groups -OCH3 is 2. The Morgan fingerprint density at radius 2 is 1.22 bits per heavy atom. The van der Waals surface area contributed by atoms with Crippen LogP contribution in [0.25, 0.3) is 10.8 Å². The van der Waals surface area contributed by atoms with E-state index in [1.54, 1.807) is 0 Å². The number of ether oxygens (including phenoxy) is 2. The highest BCUT2D eigenvalue weighted by atomic mass is 32.2. The number of hydrogen-bond acceptors (Lipinski definition) is 9. The average molecular weight is 596 g/mol. The van der Waals surface area contributed by atoms with Crippen LogP contribution >= 0.6 is 0 Å². The summed E-state index contributed by atoms with van der Waals surface area (Å²) in [6.07, 6.45) is 0. The third-order valence-corrected chi connectivity index (χ3v) is 9.10. The molecule has 0 aliphatic carbocycles. The van der Waals surface area contributed by atoms with E-state index in [4.69, 9.17) is 9.47 Å². The molecule has 0 fully saturated rings. The molecule has 0 atom stereocenters. The largest absolute Gasteiger partial charge is 0.465 e. The van der Waals surface area contributed by atoms with Gasteiger partial charge in [-0.1, -0.05) is 36.4 Å². The monoisotopic (exact) mass is 595 g/mol. The van der Waals surface area contributed by atoms with Crippen molar-refractivity contribution in [1.82, 2.24) is 0 Å². The van der Waals surface area contributed by atoms with Gasteiger partial charge in [-0.25, -0.2) is 26.4 Å². The van der Waals surface area contributed by atoms with Gasteiger partial charge < -0.3 is 14.8 Å². The summed E-state index contributed by atoms with van der Waals surface area (Å²) >= 11 is 0. The summed E-state index contributed by atoms with van der Waals surface area (Å²) in [6.45, 7) is 0. The molecule has 210 valence electrons. The predicted molar refractivity (Wildman–Crippen MR) is 149 cm³/mol. The van der Waals surface area contributed by atoms with Crippen molar-refractivity contribution in [2.45, 2.75) is 9.79 Å². The van der Waals surface area contributed by atoms with Gasteiger partial charge in [-0.3, -0.25) is 14.2 Å². The maximum atomic E-state index is 13.8. The van der Waals surface area contributed by atoms with Crippen molar-refractivity contribution in [3.05, 3.63) is 89.5 Å². The summed E-state index contributed by atoms with van der Waals surface area (Å²) < 4.78 is 69.1. The van der Waals surface area contributed by atoms with Gasteiger partial charge in [0.05, 0.1) is 47.3 Å². The van der Waals surface area contributed by atoms with Crippen molar-refractivity contribution in [2.75, 3.05) is 29.0 Å². The molecule has 0 bridgehead atoms. The number of hydrogen-bond donors (Lipinski definition) is 3. The fourth-order valence-electron chi connectivity index (χ4n) is 4.47. The molecule has 4 aromatic rings. The fraction of sp³-hybridized carbons (Fsp3) is 0.0741. The van der Waals surface area contributed by atoms with Crippen LogP contribution in [0, 0.1) is 0 Å². The van der Waals surface area contributed by atoms with Gasteiger partial charge in [-0.2, -0.15) is 0 Å². The first-order chi connectivity index (χ1) is 19.5. The molecule has 12 nitrogen and oxygen atoms in total. The van der Waals surface area contributed by atoms with Gasteiger partial charge in [-0.15, -0.1) is 0 Å². The summed E-state index contributed by atoms with van der Waals surface area (Å²) in [7, 11) is -6.92. The number of sulfonamides is 2. The summed E-state index contributed by atoms with van der Waals surface area (Å²) in [5, 5.41) is 2.65. The number of rotatable bonds is 8. The summed E-state index contributed by atoms with van der Waals surface area (Å²) in [5.74, 6) is -2.23. The molecule has 4 aromatic carbocycles. The number of benzene rings is 4. The van der Waals surface area contributed by atoms with Crippen molar-refractivity contribution in [1.29, 1.82) is 0 Å². The number of carbonyl (C=O) groups is 3. The smallest absolute Gasteiger partial charge is 0.339 e. The molecule has 0 unspecified atom stereocenters. The summed E-state index contributed by atoms with van der Waals surface area (Å²) in [6, 6.07) is 16.6. The summed E-state index contributed by atoms with van der Waals surface area (Å²) in [4.78, 5) is 36.2. The Morgan fingerprint density at radius 3 is 1.76 bits per heavy atom. The molecule has 3 N–H and O–H groups in total. The number of esters is 2. The van der Waals surface area contributed by atoms with E-state index >= 15 is 0 Å². The highest BCUT2D eigenvalue weighted by molar-refractivity contribution is 7.93. The van der Waals surface area contributed by atoms with Crippen LogP contribution < -0.4 is 14.8 Å². The Labute approximate surface area is 234 Å². The molecule has 1 amide bonds. The van der Waals surface area contributed by atoms with Crippen LogP contribution in [0.2, 0.25) is 0 Å². The van der Waals surface area contributed by atoms with E-state index < -0.39 is 47.7 Å². The second-order valence-corrected chi connectivity index (χ2v) is 12.0. The van der Waals surface area contributed by atoms with Crippen molar-refractivity contribution < 1.29 is 40.7 Å². The third-order valence-electron chi connectivity index (χ3n) is 6.30. The van der Waals surface area contributed by atoms with E-state index in [-0.39, 0.29) is 44.5 Å². The lowest BCUT2D eigenvalue weighted by molar-refractivity contribution is 0.0593. The van der Waals surface area contributed by atoms with Gasteiger partial charge >= 0.3 is 11.9 Å². The minimum Gasteiger partial charge on any atom is -0.465 e. The Bertz CT molecular complexity index is 1990. The first-order valence-corrected chi connectivity index (χ1v) is 14.8. The zero-order valence-corrected chi connectivity index (χ0v) is 23.1.